The Bertz CT molecular complexity index is 1070. The Hall–Kier alpha value is -3.89. The predicted molar refractivity (Wildman–Crippen MR) is 119 cm³/mol. The minimum absolute atomic E-state index is 0.209. The highest BCUT2D eigenvalue weighted by molar-refractivity contribution is 8.00. The van der Waals surface area contributed by atoms with Crippen LogP contribution < -0.4 is 10.1 Å². The van der Waals surface area contributed by atoms with Crippen molar-refractivity contribution in [2.24, 2.45) is 10.1 Å². The maximum atomic E-state index is 12.5. The molecule has 3 aromatic rings. The molecular formula is C23H18N4O2S. The number of ether oxygens (including phenoxy) is 1. The molecule has 0 atom stereocenters. The fraction of sp³-hybridized carbons (Fsp3) is 0.0435. The van der Waals surface area contributed by atoms with E-state index in [1.165, 1.54) is 11.8 Å². The number of nitrogens with one attached hydrogen (secondary N) is 2. The van der Waals surface area contributed by atoms with E-state index in [1.807, 2.05) is 42.5 Å². The maximum absolute atomic E-state index is 12.5. The van der Waals surface area contributed by atoms with Crippen molar-refractivity contribution in [1.82, 2.24) is 0 Å². The summed E-state index contributed by atoms with van der Waals surface area (Å²) in [6.07, 6.45) is 5.09. The number of carbonyl (C=O) groups is 1. The lowest BCUT2D eigenvalue weighted by Gasteiger charge is -2.08. The van der Waals surface area contributed by atoms with E-state index in [0.717, 1.165) is 10.6 Å². The Labute approximate surface area is 178 Å². The number of terminal acetylenes is 1. The van der Waals surface area contributed by atoms with Crippen LogP contribution in [0.5, 0.6) is 11.5 Å². The summed E-state index contributed by atoms with van der Waals surface area (Å²) in [4.78, 5) is 17.1. The Morgan fingerprint density at radius 2 is 1.67 bits per heavy atom. The van der Waals surface area contributed by atoms with Crippen molar-refractivity contribution in [3.63, 3.8) is 0 Å². The van der Waals surface area contributed by atoms with Gasteiger partial charge >= 0.3 is 0 Å². The van der Waals surface area contributed by atoms with E-state index in [2.05, 4.69) is 21.5 Å². The standard InChI is InChI=1S/C23H18N4O2S/c1-2-25-22(27-24)16-30-21-14-8-17(9-15-21)23(28)26-18-10-12-20(13-11-18)29-19-6-4-3-5-7-19/h1,3-15,24H,16H2,(H,26,28). The van der Waals surface area contributed by atoms with Crippen molar-refractivity contribution in [3.8, 4) is 24.0 Å². The van der Waals surface area contributed by atoms with Gasteiger partial charge in [0.05, 0.1) is 5.75 Å². The van der Waals surface area contributed by atoms with Crippen LogP contribution in [0.25, 0.3) is 0 Å². The Morgan fingerprint density at radius 3 is 2.30 bits per heavy atom. The van der Waals surface area contributed by atoms with Crippen LogP contribution in [0.2, 0.25) is 0 Å². The van der Waals surface area contributed by atoms with Crippen molar-refractivity contribution in [3.05, 3.63) is 84.4 Å². The highest BCUT2D eigenvalue weighted by Crippen LogP contribution is 2.23. The third kappa shape index (κ3) is 6.06. The average molecular weight is 414 g/mol. The number of amidine groups is 1. The van der Waals surface area contributed by atoms with Gasteiger partial charge in [-0.25, -0.2) is 5.53 Å². The topological polar surface area (TPSA) is 86.9 Å². The summed E-state index contributed by atoms with van der Waals surface area (Å²) in [5, 5.41) is 6.14. The van der Waals surface area contributed by atoms with E-state index >= 15 is 0 Å². The van der Waals surface area contributed by atoms with Gasteiger partial charge in [0.25, 0.3) is 5.91 Å². The first-order valence-electron chi connectivity index (χ1n) is 8.95. The molecule has 0 aliphatic heterocycles. The fourth-order valence-corrected chi connectivity index (χ4v) is 3.20. The Morgan fingerprint density at radius 1 is 1.00 bits per heavy atom. The summed E-state index contributed by atoms with van der Waals surface area (Å²) in [6.45, 7) is 0. The molecule has 3 rings (SSSR count). The molecule has 6 nitrogen and oxygen atoms in total. The van der Waals surface area contributed by atoms with Crippen molar-refractivity contribution in [2.45, 2.75) is 4.90 Å². The summed E-state index contributed by atoms with van der Waals surface area (Å²) < 4.78 is 5.75. The third-order valence-corrected chi connectivity index (χ3v) is 4.91. The van der Waals surface area contributed by atoms with Gasteiger partial charge in [-0.3, -0.25) is 4.79 Å². The van der Waals surface area contributed by atoms with Crippen molar-refractivity contribution >= 4 is 29.2 Å². The van der Waals surface area contributed by atoms with Crippen LogP contribution in [0.3, 0.4) is 0 Å². The van der Waals surface area contributed by atoms with Crippen LogP contribution >= 0.6 is 11.8 Å². The van der Waals surface area contributed by atoms with E-state index in [9.17, 15) is 4.79 Å². The van der Waals surface area contributed by atoms with E-state index in [4.69, 9.17) is 16.7 Å². The number of hydrogen-bond donors (Lipinski definition) is 2. The number of benzene rings is 3. The minimum Gasteiger partial charge on any atom is -0.457 e. The molecular weight excluding hydrogens is 396 g/mol. The fourth-order valence-electron chi connectivity index (χ4n) is 2.45. The highest BCUT2D eigenvalue weighted by atomic mass is 32.2. The first-order chi connectivity index (χ1) is 14.7. The van der Waals surface area contributed by atoms with Crippen molar-refractivity contribution < 1.29 is 9.53 Å². The predicted octanol–water partition coefficient (Wildman–Crippen LogP) is 5.84. The van der Waals surface area contributed by atoms with Gasteiger partial charge in [0.1, 0.15) is 11.5 Å². The first-order valence-corrected chi connectivity index (χ1v) is 9.93. The number of aliphatic imine (C=N–C) groups is 1. The molecule has 2 N–H and O–H groups in total. The number of anilines is 1. The normalized spacial score (nSPS) is 10.7. The lowest BCUT2D eigenvalue weighted by atomic mass is 10.2. The van der Waals surface area contributed by atoms with Gasteiger partial charge in [-0.1, -0.05) is 24.6 Å². The molecule has 30 heavy (non-hydrogen) atoms. The van der Waals surface area contributed by atoms with E-state index in [-0.39, 0.29) is 11.7 Å². The molecule has 3 aromatic carbocycles. The van der Waals surface area contributed by atoms with E-state index in [1.54, 1.807) is 36.4 Å². The number of thioether (sulfide) groups is 1. The molecule has 0 aliphatic rings. The van der Waals surface area contributed by atoms with Gasteiger partial charge in [-0.15, -0.1) is 16.9 Å². The van der Waals surface area contributed by atoms with E-state index < -0.39 is 0 Å². The van der Waals surface area contributed by atoms with Crippen LogP contribution in [0.4, 0.5) is 5.69 Å². The molecule has 0 fully saturated rings. The summed E-state index contributed by atoms with van der Waals surface area (Å²) in [7, 11) is 0. The van der Waals surface area contributed by atoms with Crippen LogP contribution in [0.1, 0.15) is 10.4 Å². The number of rotatable bonds is 7. The molecule has 148 valence electrons. The van der Waals surface area contributed by atoms with Crippen molar-refractivity contribution in [2.75, 3.05) is 11.1 Å². The third-order valence-electron chi connectivity index (χ3n) is 3.90. The zero-order valence-electron chi connectivity index (χ0n) is 15.9. The van der Waals surface area contributed by atoms with Gasteiger partial charge in [0.15, 0.2) is 5.84 Å². The smallest absolute Gasteiger partial charge is 0.255 e. The minimum atomic E-state index is -0.209. The van der Waals surface area contributed by atoms with Gasteiger partial charge in [0, 0.05) is 22.2 Å². The zero-order valence-corrected chi connectivity index (χ0v) is 16.7. The van der Waals surface area contributed by atoms with Gasteiger partial charge in [-0.2, -0.15) is 4.99 Å². The summed E-state index contributed by atoms with van der Waals surface area (Å²) in [6, 6.07) is 25.9. The number of carbonyl (C=O) groups excluding carboxylic acids is 1. The monoisotopic (exact) mass is 414 g/mol. The molecule has 7 heteroatoms. The molecule has 0 aromatic heterocycles. The number of amides is 1. The second-order valence-corrected chi connectivity index (χ2v) is 7.02. The second kappa shape index (κ2) is 10.6. The summed E-state index contributed by atoms with van der Waals surface area (Å²) in [5.74, 6) is 1.88. The molecule has 0 saturated carbocycles. The lowest BCUT2D eigenvalue weighted by Crippen LogP contribution is -2.11. The number of para-hydroxylation sites is 1. The zero-order chi connectivity index (χ0) is 21.2. The van der Waals surface area contributed by atoms with Crippen molar-refractivity contribution in [1.29, 1.82) is 5.53 Å². The van der Waals surface area contributed by atoms with Crippen LogP contribution in [0.15, 0.2) is 93.9 Å². The number of hydrogen-bond acceptors (Lipinski definition) is 5. The van der Waals surface area contributed by atoms with Crippen LogP contribution in [0, 0.1) is 18.0 Å². The molecule has 0 radical (unpaired) electrons. The lowest BCUT2D eigenvalue weighted by molar-refractivity contribution is 0.102. The highest BCUT2D eigenvalue weighted by Gasteiger charge is 2.07. The van der Waals surface area contributed by atoms with Gasteiger partial charge in [-0.05, 0) is 60.7 Å². The number of nitrogens with zero attached hydrogens (tertiary/aromatic N) is 2. The molecule has 1 amide bonds. The Balaban J connectivity index is 1.56. The average Bonchev–Trinajstić information content (AvgIpc) is 2.79. The molecule has 0 saturated heterocycles. The largest absolute Gasteiger partial charge is 0.457 e. The molecule has 0 unspecified atom stereocenters. The quantitative estimate of drug-likeness (QED) is 0.167. The summed E-state index contributed by atoms with van der Waals surface area (Å²) >= 11 is 1.43. The van der Waals surface area contributed by atoms with E-state index in [0.29, 0.717) is 22.8 Å². The van der Waals surface area contributed by atoms with Gasteiger partial charge < -0.3 is 10.1 Å². The van der Waals surface area contributed by atoms with Crippen LogP contribution in [-0.4, -0.2) is 17.5 Å². The van der Waals surface area contributed by atoms with Crippen LogP contribution in [-0.2, 0) is 0 Å². The summed E-state index contributed by atoms with van der Waals surface area (Å²) in [5.41, 5.74) is 8.23. The Kier molecular flexibility index (Phi) is 7.36. The molecule has 0 heterocycles. The molecule has 0 aliphatic carbocycles. The molecule has 0 spiro atoms. The van der Waals surface area contributed by atoms with Gasteiger partial charge in [0.2, 0.25) is 0 Å². The SMILES string of the molecule is C#CN=C(CSc1ccc(C(=O)Nc2ccc(Oc3ccccc3)cc2)cc1)N=N. The second-order valence-electron chi connectivity index (χ2n) is 5.98. The maximum Gasteiger partial charge on any atom is 0.255 e. The first kappa shape index (κ1) is 20.8. The molecule has 0 bridgehead atoms.